The van der Waals surface area contributed by atoms with E-state index < -0.39 is 9.84 Å². The lowest BCUT2D eigenvalue weighted by molar-refractivity contribution is 0.362. The van der Waals surface area contributed by atoms with Crippen molar-refractivity contribution < 1.29 is 17.9 Å². The van der Waals surface area contributed by atoms with Crippen LogP contribution in [0, 0.1) is 0 Å². The average molecular weight is 374 g/mol. The van der Waals surface area contributed by atoms with Crippen LogP contribution in [0.25, 0.3) is 10.8 Å². The topological polar surface area (TPSA) is 52.6 Å². The number of rotatable bonds is 2. The van der Waals surface area contributed by atoms with Gasteiger partial charge in [0.05, 0.1) is 9.79 Å². The average Bonchev–Trinajstić information content (AvgIpc) is 2.72. The summed E-state index contributed by atoms with van der Waals surface area (Å²) in [6.45, 7) is 0. The summed E-state index contributed by atoms with van der Waals surface area (Å²) in [6.07, 6.45) is 0. The predicted octanol–water partition coefficient (Wildman–Crippen LogP) is 5.57. The van der Waals surface area contributed by atoms with Gasteiger partial charge in [-0.15, -0.1) is 0 Å². The fourth-order valence-electron chi connectivity index (χ4n) is 3.27. The molecule has 0 radical (unpaired) electrons. The molecular formula is C22H14O4S. The van der Waals surface area contributed by atoms with Gasteiger partial charge < -0.3 is 9.47 Å². The van der Waals surface area contributed by atoms with Gasteiger partial charge in [-0.05, 0) is 24.3 Å². The van der Waals surface area contributed by atoms with Crippen LogP contribution in [-0.4, -0.2) is 8.42 Å². The molecule has 0 saturated carbocycles. The first kappa shape index (κ1) is 15.9. The van der Waals surface area contributed by atoms with E-state index in [1.165, 1.54) is 0 Å². The summed E-state index contributed by atoms with van der Waals surface area (Å²) in [5.74, 6) is 2.08. The molecule has 1 aliphatic heterocycles. The molecule has 0 amide bonds. The Labute approximate surface area is 156 Å². The van der Waals surface area contributed by atoms with Crippen LogP contribution in [0.4, 0.5) is 0 Å². The van der Waals surface area contributed by atoms with E-state index in [0.29, 0.717) is 33.8 Å². The van der Waals surface area contributed by atoms with Crippen molar-refractivity contribution in [2.75, 3.05) is 0 Å². The molecule has 5 rings (SSSR count). The van der Waals surface area contributed by atoms with Crippen LogP contribution < -0.4 is 9.47 Å². The van der Waals surface area contributed by atoms with Crippen molar-refractivity contribution >= 4 is 20.6 Å². The molecule has 4 nitrogen and oxygen atoms in total. The summed E-state index contributed by atoms with van der Waals surface area (Å²) in [5.41, 5.74) is 0. The van der Waals surface area contributed by atoms with Crippen LogP contribution >= 0.6 is 0 Å². The van der Waals surface area contributed by atoms with Gasteiger partial charge in [-0.3, -0.25) is 0 Å². The summed E-state index contributed by atoms with van der Waals surface area (Å²) in [5, 5.41) is 1.29. The Morgan fingerprint density at radius 1 is 0.593 bits per heavy atom. The maximum absolute atomic E-state index is 13.3. The quantitative estimate of drug-likeness (QED) is 0.405. The summed E-state index contributed by atoms with van der Waals surface area (Å²) in [6, 6.07) is 24.6. The number of ether oxygens (including phenoxy) is 2. The highest BCUT2D eigenvalue weighted by Gasteiger charge is 2.27. The van der Waals surface area contributed by atoms with E-state index in [2.05, 4.69) is 0 Å². The molecule has 0 saturated heterocycles. The van der Waals surface area contributed by atoms with Gasteiger partial charge in [0, 0.05) is 16.8 Å². The number of hydrogen-bond donors (Lipinski definition) is 0. The Bertz CT molecular complexity index is 1280. The lowest BCUT2D eigenvalue weighted by Crippen LogP contribution is -2.06. The van der Waals surface area contributed by atoms with E-state index in [1.807, 2.05) is 36.4 Å². The fourth-order valence-corrected chi connectivity index (χ4v) is 4.77. The third kappa shape index (κ3) is 2.47. The zero-order valence-electron chi connectivity index (χ0n) is 14.1. The van der Waals surface area contributed by atoms with Crippen LogP contribution in [0.15, 0.2) is 94.7 Å². The second kappa shape index (κ2) is 5.86. The molecule has 132 valence electrons. The Morgan fingerprint density at radius 3 is 1.93 bits per heavy atom. The first-order valence-corrected chi connectivity index (χ1v) is 9.93. The van der Waals surface area contributed by atoms with E-state index in [0.717, 1.165) is 0 Å². The summed E-state index contributed by atoms with van der Waals surface area (Å²) >= 11 is 0. The molecule has 4 aromatic carbocycles. The van der Waals surface area contributed by atoms with Crippen LogP contribution in [0.5, 0.6) is 23.0 Å². The standard InChI is InChI=1S/C22H14O4S/c23-27(24,15-8-2-1-3-9-15)21-14-20-22(17-11-5-4-10-16(17)21)26-19-13-7-6-12-18(19)25-20/h1-14H. The molecule has 27 heavy (non-hydrogen) atoms. The SMILES string of the molecule is O=S(=O)(c1ccccc1)c1cc2c(c3ccccc13)Oc1ccccc1O2. The maximum atomic E-state index is 13.3. The number of hydrogen-bond acceptors (Lipinski definition) is 4. The van der Waals surface area contributed by atoms with Crippen molar-refractivity contribution in [3.05, 3.63) is 84.9 Å². The van der Waals surface area contributed by atoms with Crippen molar-refractivity contribution in [1.29, 1.82) is 0 Å². The van der Waals surface area contributed by atoms with E-state index in [4.69, 9.17) is 9.47 Å². The largest absolute Gasteiger partial charge is 0.449 e. The van der Waals surface area contributed by atoms with Gasteiger partial charge in [0.25, 0.3) is 0 Å². The minimum absolute atomic E-state index is 0.200. The Balaban J connectivity index is 1.79. The first-order valence-electron chi connectivity index (χ1n) is 8.45. The minimum atomic E-state index is -3.71. The summed E-state index contributed by atoms with van der Waals surface area (Å²) < 4.78 is 38.6. The molecule has 5 heteroatoms. The highest BCUT2D eigenvalue weighted by Crippen LogP contribution is 2.50. The molecule has 0 spiro atoms. The number of sulfone groups is 1. The second-order valence-electron chi connectivity index (χ2n) is 6.21. The maximum Gasteiger partial charge on any atom is 0.207 e. The molecule has 0 aromatic heterocycles. The summed E-state index contributed by atoms with van der Waals surface area (Å²) in [7, 11) is -3.71. The molecule has 0 bridgehead atoms. The van der Waals surface area contributed by atoms with Crippen LogP contribution in [0.2, 0.25) is 0 Å². The normalized spacial score (nSPS) is 12.6. The minimum Gasteiger partial charge on any atom is -0.449 e. The smallest absolute Gasteiger partial charge is 0.207 e. The summed E-state index contributed by atoms with van der Waals surface area (Å²) in [4.78, 5) is 0.443. The number of fused-ring (bicyclic) bond motifs is 4. The Kier molecular flexibility index (Phi) is 3.45. The molecule has 1 aliphatic rings. The zero-order chi connectivity index (χ0) is 18.4. The van der Waals surface area contributed by atoms with E-state index in [9.17, 15) is 8.42 Å². The first-order chi connectivity index (χ1) is 13.1. The van der Waals surface area contributed by atoms with E-state index in [-0.39, 0.29) is 9.79 Å². The second-order valence-corrected chi connectivity index (χ2v) is 8.13. The van der Waals surface area contributed by atoms with Gasteiger partial charge in [-0.1, -0.05) is 54.6 Å². The predicted molar refractivity (Wildman–Crippen MR) is 102 cm³/mol. The fraction of sp³-hybridized carbons (Fsp3) is 0. The van der Waals surface area contributed by atoms with Gasteiger partial charge in [0.1, 0.15) is 0 Å². The van der Waals surface area contributed by atoms with Crippen molar-refractivity contribution in [3.63, 3.8) is 0 Å². The van der Waals surface area contributed by atoms with Crippen molar-refractivity contribution in [2.24, 2.45) is 0 Å². The van der Waals surface area contributed by atoms with Gasteiger partial charge >= 0.3 is 0 Å². The lowest BCUT2D eigenvalue weighted by Gasteiger charge is -2.23. The lowest BCUT2D eigenvalue weighted by atomic mass is 10.1. The third-order valence-corrected chi connectivity index (χ3v) is 6.36. The molecule has 4 aromatic rings. The Morgan fingerprint density at radius 2 is 1.19 bits per heavy atom. The monoisotopic (exact) mass is 374 g/mol. The molecule has 0 aliphatic carbocycles. The van der Waals surface area contributed by atoms with Gasteiger partial charge in [0.2, 0.25) is 9.84 Å². The zero-order valence-corrected chi connectivity index (χ0v) is 14.9. The molecule has 0 N–H and O–H groups in total. The van der Waals surface area contributed by atoms with Crippen LogP contribution in [0.1, 0.15) is 0 Å². The Hall–Kier alpha value is -3.31. The van der Waals surface area contributed by atoms with Gasteiger partial charge in [0.15, 0.2) is 23.0 Å². The van der Waals surface area contributed by atoms with Gasteiger partial charge in [-0.2, -0.15) is 0 Å². The van der Waals surface area contributed by atoms with E-state index in [1.54, 1.807) is 48.5 Å². The third-order valence-electron chi connectivity index (χ3n) is 4.55. The van der Waals surface area contributed by atoms with Crippen molar-refractivity contribution in [1.82, 2.24) is 0 Å². The molecule has 0 atom stereocenters. The molecule has 0 unspecified atom stereocenters. The van der Waals surface area contributed by atoms with Gasteiger partial charge in [-0.25, -0.2) is 8.42 Å². The molecule has 1 heterocycles. The molecular weight excluding hydrogens is 360 g/mol. The highest BCUT2D eigenvalue weighted by atomic mass is 32.2. The van der Waals surface area contributed by atoms with Crippen LogP contribution in [0.3, 0.4) is 0 Å². The van der Waals surface area contributed by atoms with Crippen molar-refractivity contribution in [2.45, 2.75) is 9.79 Å². The van der Waals surface area contributed by atoms with Crippen LogP contribution in [-0.2, 0) is 9.84 Å². The number of para-hydroxylation sites is 2. The highest BCUT2D eigenvalue weighted by molar-refractivity contribution is 7.91. The number of benzene rings is 4. The molecule has 0 fully saturated rings. The van der Waals surface area contributed by atoms with Crippen molar-refractivity contribution in [3.8, 4) is 23.0 Å². The van der Waals surface area contributed by atoms with E-state index >= 15 is 0 Å².